The molecule has 0 radical (unpaired) electrons. The summed E-state index contributed by atoms with van der Waals surface area (Å²) in [6.45, 7) is 0. The van der Waals surface area contributed by atoms with Crippen LogP contribution in [0.4, 0.5) is 5.69 Å². The minimum atomic E-state index is -0.391. The third-order valence-corrected chi connectivity index (χ3v) is 3.87. The molecule has 0 aliphatic heterocycles. The predicted molar refractivity (Wildman–Crippen MR) is 83.3 cm³/mol. The largest absolute Gasteiger partial charge is 0.497 e. The number of Topliss-reactive ketones (excluding diaryl/α,β-unsaturated/α-hetero) is 2. The van der Waals surface area contributed by atoms with Crippen LogP contribution in [-0.4, -0.2) is 28.6 Å². The van der Waals surface area contributed by atoms with Gasteiger partial charge in [0.2, 0.25) is 11.6 Å². The lowest BCUT2D eigenvalue weighted by Gasteiger charge is -2.17. The average molecular weight is 360 g/mol. The Bertz CT molecular complexity index is 817. The van der Waals surface area contributed by atoms with Crippen LogP contribution in [0.15, 0.2) is 46.8 Å². The third-order valence-electron chi connectivity index (χ3n) is 3.11. The number of rotatable bonds is 3. The molecule has 22 heavy (non-hydrogen) atoms. The van der Waals surface area contributed by atoms with Gasteiger partial charge in [-0.2, -0.15) is 0 Å². The van der Waals surface area contributed by atoms with Gasteiger partial charge < -0.3 is 10.1 Å². The Morgan fingerprint density at radius 1 is 1.09 bits per heavy atom. The molecule has 2 aromatic rings. The first-order valence-corrected chi connectivity index (χ1v) is 7.12. The number of nitrogens with zero attached hydrogens (tertiary/aromatic N) is 2. The summed E-state index contributed by atoms with van der Waals surface area (Å²) >= 11 is 3.17. The molecule has 1 aliphatic rings. The third kappa shape index (κ3) is 2.39. The van der Waals surface area contributed by atoms with Gasteiger partial charge in [-0.15, -0.1) is 0 Å². The molecule has 1 aliphatic carbocycles. The quantitative estimate of drug-likeness (QED) is 0.906. The summed E-state index contributed by atoms with van der Waals surface area (Å²) in [5, 5.41) is 2.94. The Kier molecular flexibility index (Phi) is 3.72. The first-order chi connectivity index (χ1) is 10.6. The van der Waals surface area contributed by atoms with Crippen LogP contribution in [0.2, 0.25) is 0 Å². The Labute approximate surface area is 134 Å². The van der Waals surface area contributed by atoms with Crippen LogP contribution in [0.3, 0.4) is 0 Å². The Hall–Kier alpha value is -2.54. The van der Waals surface area contributed by atoms with Gasteiger partial charge in [-0.3, -0.25) is 9.59 Å². The first kappa shape index (κ1) is 14.4. The highest BCUT2D eigenvalue weighted by molar-refractivity contribution is 9.12. The average Bonchev–Trinajstić information content (AvgIpc) is 2.57. The van der Waals surface area contributed by atoms with Crippen LogP contribution < -0.4 is 10.1 Å². The van der Waals surface area contributed by atoms with E-state index in [1.54, 1.807) is 31.4 Å². The molecule has 7 heteroatoms. The van der Waals surface area contributed by atoms with Gasteiger partial charge >= 0.3 is 0 Å². The highest BCUT2D eigenvalue weighted by Crippen LogP contribution is 2.29. The van der Waals surface area contributed by atoms with Crippen molar-refractivity contribution < 1.29 is 14.3 Å². The van der Waals surface area contributed by atoms with E-state index in [2.05, 4.69) is 31.2 Å². The predicted octanol–water partition coefficient (Wildman–Crippen LogP) is 2.58. The van der Waals surface area contributed by atoms with E-state index in [-0.39, 0.29) is 27.4 Å². The van der Waals surface area contributed by atoms with Gasteiger partial charge in [0.1, 0.15) is 22.8 Å². The van der Waals surface area contributed by atoms with Crippen molar-refractivity contribution in [3.05, 3.63) is 58.2 Å². The maximum atomic E-state index is 12.5. The number of allylic oxidation sites excluding steroid dienone is 2. The van der Waals surface area contributed by atoms with Gasteiger partial charge in [-0.25, -0.2) is 9.97 Å². The van der Waals surface area contributed by atoms with Crippen LogP contribution in [0.5, 0.6) is 5.75 Å². The van der Waals surface area contributed by atoms with Crippen molar-refractivity contribution in [2.75, 3.05) is 12.4 Å². The van der Waals surface area contributed by atoms with Crippen molar-refractivity contribution in [2.24, 2.45) is 0 Å². The molecule has 1 aromatic carbocycles. The maximum absolute atomic E-state index is 12.5. The van der Waals surface area contributed by atoms with Crippen molar-refractivity contribution in [1.29, 1.82) is 0 Å². The number of benzene rings is 1. The van der Waals surface area contributed by atoms with Crippen molar-refractivity contribution in [3.63, 3.8) is 0 Å². The highest BCUT2D eigenvalue weighted by atomic mass is 79.9. The number of fused-ring (bicyclic) bond motifs is 1. The van der Waals surface area contributed by atoms with Crippen molar-refractivity contribution >= 4 is 33.2 Å². The lowest BCUT2D eigenvalue weighted by atomic mass is 10.0. The summed E-state index contributed by atoms with van der Waals surface area (Å²) in [6, 6.07) is 7.04. The monoisotopic (exact) mass is 359 g/mol. The molecule has 0 unspecified atom stereocenters. The molecule has 6 nitrogen and oxygen atoms in total. The van der Waals surface area contributed by atoms with E-state index in [4.69, 9.17) is 4.74 Å². The fraction of sp³-hybridized carbons (Fsp3) is 0.0667. The first-order valence-electron chi connectivity index (χ1n) is 6.33. The second-order valence-electron chi connectivity index (χ2n) is 4.46. The molecule has 0 bridgehead atoms. The van der Waals surface area contributed by atoms with Gasteiger partial charge in [0.05, 0.1) is 11.6 Å². The van der Waals surface area contributed by atoms with Crippen LogP contribution in [0.1, 0.15) is 21.0 Å². The summed E-state index contributed by atoms with van der Waals surface area (Å²) in [6.07, 6.45) is 2.76. The zero-order valence-corrected chi connectivity index (χ0v) is 13.0. The van der Waals surface area contributed by atoms with Gasteiger partial charge in [0, 0.05) is 24.1 Å². The molecule has 0 amide bonds. The summed E-state index contributed by atoms with van der Waals surface area (Å²) in [7, 11) is 1.55. The minimum Gasteiger partial charge on any atom is -0.497 e. The number of hydrogen-bond acceptors (Lipinski definition) is 6. The lowest BCUT2D eigenvalue weighted by Crippen LogP contribution is -2.26. The van der Waals surface area contributed by atoms with E-state index in [9.17, 15) is 9.59 Å². The van der Waals surface area contributed by atoms with Gasteiger partial charge in [0.25, 0.3) is 0 Å². The van der Waals surface area contributed by atoms with E-state index in [0.29, 0.717) is 11.4 Å². The molecule has 1 heterocycles. The molecule has 0 spiro atoms. The molecule has 0 saturated carbocycles. The van der Waals surface area contributed by atoms with E-state index >= 15 is 0 Å². The minimum absolute atomic E-state index is 0.0427. The molecule has 3 rings (SSSR count). The molecule has 1 N–H and O–H groups in total. The second kappa shape index (κ2) is 5.69. The Balaban J connectivity index is 2.01. The molecule has 1 aromatic heterocycles. The van der Waals surface area contributed by atoms with E-state index in [1.165, 1.54) is 12.4 Å². The number of ether oxygens (including phenoxy) is 1. The number of anilines is 1. The maximum Gasteiger partial charge on any atom is 0.231 e. The van der Waals surface area contributed by atoms with Crippen molar-refractivity contribution in [3.8, 4) is 5.75 Å². The fourth-order valence-corrected chi connectivity index (χ4v) is 2.53. The molecule has 0 atom stereocenters. The number of carbonyl (C=O) groups excluding carboxylic acids is 2. The van der Waals surface area contributed by atoms with E-state index < -0.39 is 5.78 Å². The number of ketones is 2. The number of hydrogen-bond donors (Lipinski definition) is 1. The molecule has 110 valence electrons. The highest BCUT2D eigenvalue weighted by Gasteiger charge is 2.33. The topological polar surface area (TPSA) is 81.2 Å². The number of halogens is 1. The van der Waals surface area contributed by atoms with Crippen LogP contribution in [0.25, 0.3) is 0 Å². The summed E-state index contributed by atoms with van der Waals surface area (Å²) in [4.78, 5) is 32.6. The number of carbonyl (C=O) groups is 2. The zero-order valence-electron chi connectivity index (χ0n) is 11.5. The number of nitrogens with one attached hydrogen (secondary N) is 1. The van der Waals surface area contributed by atoms with Crippen LogP contribution in [-0.2, 0) is 0 Å². The van der Waals surface area contributed by atoms with Gasteiger partial charge in [-0.1, -0.05) is 6.07 Å². The summed E-state index contributed by atoms with van der Waals surface area (Å²) < 4.78 is 5.27. The zero-order chi connectivity index (χ0) is 15.7. The van der Waals surface area contributed by atoms with Gasteiger partial charge in [-0.05, 0) is 28.1 Å². The fourth-order valence-electron chi connectivity index (χ4n) is 2.06. The van der Waals surface area contributed by atoms with Crippen molar-refractivity contribution in [2.45, 2.75) is 0 Å². The van der Waals surface area contributed by atoms with E-state index in [0.717, 1.165) is 0 Å². The normalized spacial score (nSPS) is 13.9. The summed E-state index contributed by atoms with van der Waals surface area (Å²) in [5.41, 5.74) is 0.850. The molecule has 0 fully saturated rings. The lowest BCUT2D eigenvalue weighted by molar-refractivity contribution is 0.0975. The molecule has 0 saturated heterocycles. The smallest absolute Gasteiger partial charge is 0.231 e. The number of methoxy groups -OCH3 is 1. The Morgan fingerprint density at radius 2 is 1.77 bits per heavy atom. The second-order valence-corrected chi connectivity index (χ2v) is 5.25. The molecular weight excluding hydrogens is 350 g/mol. The van der Waals surface area contributed by atoms with Crippen molar-refractivity contribution in [1.82, 2.24) is 9.97 Å². The number of aromatic nitrogens is 2. The van der Waals surface area contributed by atoms with Crippen LogP contribution >= 0.6 is 15.9 Å². The SMILES string of the molecule is COc1cccc(NC2=C(Br)C(=O)c3nccnc3C2=O)c1. The standard InChI is InChI=1S/C15H10BrN3O3/c1-22-9-4-2-3-8(7-9)19-11-10(16)14(20)12-13(15(11)21)18-6-5-17-12/h2-7,19H,1H3. The summed E-state index contributed by atoms with van der Waals surface area (Å²) in [5.74, 6) is -0.137. The van der Waals surface area contributed by atoms with Crippen LogP contribution in [0, 0.1) is 0 Å². The molecular formula is C15H10BrN3O3. The van der Waals surface area contributed by atoms with Gasteiger partial charge in [0.15, 0.2) is 0 Å². The van der Waals surface area contributed by atoms with E-state index in [1.807, 2.05) is 0 Å². The Morgan fingerprint density at radius 3 is 2.45 bits per heavy atom.